The Kier molecular flexibility index (Phi) is 9.43. The third-order valence-corrected chi connectivity index (χ3v) is 4.92. The van der Waals surface area contributed by atoms with Crippen LogP contribution in [0.1, 0.15) is 85.0 Å². The molecule has 0 bridgehead atoms. The average Bonchev–Trinajstić information content (AvgIpc) is 3.11. The maximum Gasteiger partial charge on any atom is 0.0385 e. The molecule has 0 aromatic carbocycles. The van der Waals surface area contributed by atoms with Crippen LogP contribution in [0, 0.1) is 11.3 Å². The van der Waals surface area contributed by atoms with Crippen LogP contribution in [0.5, 0.6) is 0 Å². The molecule has 0 saturated heterocycles. The minimum atomic E-state index is 0.542. The molecule has 1 aliphatic rings. The first-order valence-corrected chi connectivity index (χ1v) is 9.33. The maximum absolute atomic E-state index is 4.67. The Labute approximate surface area is 139 Å². The molecule has 0 N–H and O–H groups in total. The van der Waals surface area contributed by atoms with E-state index >= 15 is 0 Å². The van der Waals surface area contributed by atoms with Crippen LogP contribution in [-0.4, -0.2) is 12.8 Å². The Hall–Kier alpha value is -0.850. The van der Waals surface area contributed by atoms with E-state index in [0.717, 1.165) is 12.5 Å². The van der Waals surface area contributed by atoms with Gasteiger partial charge in [-0.2, -0.15) is 0 Å². The molecule has 1 aliphatic carbocycles. The van der Waals surface area contributed by atoms with Crippen LogP contribution in [0.4, 0.5) is 0 Å². The number of allylic oxidation sites excluding steroid dienone is 3. The normalized spacial score (nSPS) is 23.7. The number of rotatable bonds is 13. The molecule has 1 fully saturated rings. The maximum atomic E-state index is 4.67. The van der Waals surface area contributed by atoms with Gasteiger partial charge in [-0.25, -0.2) is 0 Å². The summed E-state index contributed by atoms with van der Waals surface area (Å²) < 4.78 is 0. The zero-order chi connectivity index (χ0) is 16.3. The van der Waals surface area contributed by atoms with Gasteiger partial charge in [-0.3, -0.25) is 4.99 Å². The van der Waals surface area contributed by atoms with Gasteiger partial charge >= 0.3 is 0 Å². The summed E-state index contributed by atoms with van der Waals surface area (Å²) in [6, 6.07) is 0. The molecule has 22 heavy (non-hydrogen) atoms. The van der Waals surface area contributed by atoms with Crippen molar-refractivity contribution in [1.82, 2.24) is 0 Å². The molecule has 0 spiro atoms. The zero-order valence-electron chi connectivity index (χ0n) is 15.2. The van der Waals surface area contributed by atoms with Crippen LogP contribution >= 0.6 is 0 Å². The molecule has 0 aromatic rings. The second-order valence-corrected chi connectivity index (χ2v) is 7.54. The first-order valence-electron chi connectivity index (χ1n) is 9.33. The SMILES string of the molecule is C=CCCCCCCCC/N=C/C1CC1(C)CCC=C(C)C. The zero-order valence-corrected chi connectivity index (χ0v) is 15.2. The van der Waals surface area contributed by atoms with Gasteiger partial charge in [-0.1, -0.05) is 50.3 Å². The Morgan fingerprint density at radius 1 is 1.09 bits per heavy atom. The van der Waals surface area contributed by atoms with Gasteiger partial charge in [0.1, 0.15) is 0 Å². The third kappa shape index (κ3) is 8.56. The monoisotopic (exact) mass is 303 g/mol. The van der Waals surface area contributed by atoms with Crippen molar-refractivity contribution in [3.8, 4) is 0 Å². The summed E-state index contributed by atoms with van der Waals surface area (Å²) in [6.45, 7) is 11.6. The number of unbranched alkanes of at least 4 members (excludes halogenated alkanes) is 6. The predicted octanol–water partition coefficient (Wildman–Crippen LogP) is 6.75. The molecule has 126 valence electrons. The molecule has 0 heterocycles. The molecular weight excluding hydrogens is 266 g/mol. The molecule has 1 rings (SSSR count). The summed E-state index contributed by atoms with van der Waals surface area (Å²) in [5.74, 6) is 0.747. The van der Waals surface area contributed by atoms with Gasteiger partial charge in [0.05, 0.1) is 0 Å². The Morgan fingerprint density at radius 3 is 2.45 bits per heavy atom. The molecule has 0 aliphatic heterocycles. The van der Waals surface area contributed by atoms with E-state index in [9.17, 15) is 0 Å². The van der Waals surface area contributed by atoms with Crippen molar-refractivity contribution in [3.05, 3.63) is 24.3 Å². The van der Waals surface area contributed by atoms with Crippen LogP contribution in [0.15, 0.2) is 29.3 Å². The van der Waals surface area contributed by atoms with E-state index in [4.69, 9.17) is 0 Å². The van der Waals surface area contributed by atoms with E-state index in [-0.39, 0.29) is 0 Å². The highest BCUT2D eigenvalue weighted by atomic mass is 14.7. The summed E-state index contributed by atoms with van der Waals surface area (Å²) >= 11 is 0. The second-order valence-electron chi connectivity index (χ2n) is 7.54. The van der Waals surface area contributed by atoms with Crippen molar-refractivity contribution in [1.29, 1.82) is 0 Å². The lowest BCUT2D eigenvalue weighted by molar-refractivity contribution is 0.504. The van der Waals surface area contributed by atoms with Gasteiger partial charge in [-0.05, 0) is 63.7 Å². The van der Waals surface area contributed by atoms with E-state index in [2.05, 4.69) is 44.6 Å². The van der Waals surface area contributed by atoms with Gasteiger partial charge in [0, 0.05) is 12.8 Å². The van der Waals surface area contributed by atoms with Gasteiger partial charge in [0.2, 0.25) is 0 Å². The Bertz CT molecular complexity index is 362. The number of aliphatic imine (C=N–C) groups is 1. The summed E-state index contributed by atoms with van der Waals surface area (Å²) in [4.78, 5) is 4.67. The minimum Gasteiger partial charge on any atom is -0.297 e. The fraction of sp³-hybridized carbons (Fsp3) is 0.762. The highest BCUT2D eigenvalue weighted by molar-refractivity contribution is 5.66. The smallest absolute Gasteiger partial charge is 0.0385 e. The molecule has 1 nitrogen and oxygen atoms in total. The summed E-state index contributed by atoms with van der Waals surface area (Å²) in [5, 5.41) is 0. The van der Waals surface area contributed by atoms with Crippen LogP contribution in [-0.2, 0) is 0 Å². The first kappa shape index (κ1) is 19.2. The molecule has 0 aromatic heterocycles. The highest BCUT2D eigenvalue weighted by Crippen LogP contribution is 2.54. The fourth-order valence-electron chi connectivity index (χ4n) is 3.05. The quantitative estimate of drug-likeness (QED) is 0.203. The summed E-state index contributed by atoms with van der Waals surface area (Å²) in [7, 11) is 0. The van der Waals surface area contributed by atoms with Crippen molar-refractivity contribution >= 4 is 6.21 Å². The van der Waals surface area contributed by atoms with Crippen LogP contribution in [0.25, 0.3) is 0 Å². The molecule has 2 unspecified atom stereocenters. The topological polar surface area (TPSA) is 12.4 Å². The number of hydrogen-bond donors (Lipinski definition) is 0. The third-order valence-electron chi connectivity index (χ3n) is 4.92. The summed E-state index contributed by atoms with van der Waals surface area (Å²) in [6.07, 6.45) is 19.8. The van der Waals surface area contributed by atoms with E-state index < -0.39 is 0 Å². The van der Waals surface area contributed by atoms with Crippen molar-refractivity contribution in [2.24, 2.45) is 16.3 Å². The van der Waals surface area contributed by atoms with Gasteiger partial charge in [0.15, 0.2) is 0 Å². The van der Waals surface area contributed by atoms with Gasteiger partial charge in [0.25, 0.3) is 0 Å². The molecule has 2 atom stereocenters. The highest BCUT2D eigenvalue weighted by Gasteiger charge is 2.47. The van der Waals surface area contributed by atoms with E-state index in [0.29, 0.717) is 5.41 Å². The second kappa shape index (κ2) is 10.8. The number of nitrogens with zero attached hydrogens (tertiary/aromatic N) is 1. The van der Waals surface area contributed by atoms with E-state index in [1.807, 2.05) is 6.08 Å². The Morgan fingerprint density at radius 2 is 1.77 bits per heavy atom. The molecular formula is C21H37N. The van der Waals surface area contributed by atoms with Gasteiger partial charge < -0.3 is 0 Å². The summed E-state index contributed by atoms with van der Waals surface area (Å²) in [5.41, 5.74) is 1.99. The predicted molar refractivity (Wildman–Crippen MR) is 101 cm³/mol. The largest absolute Gasteiger partial charge is 0.297 e. The lowest BCUT2D eigenvalue weighted by atomic mass is 9.99. The van der Waals surface area contributed by atoms with E-state index in [1.54, 1.807) is 0 Å². The molecule has 1 saturated carbocycles. The van der Waals surface area contributed by atoms with Crippen LogP contribution in [0.2, 0.25) is 0 Å². The van der Waals surface area contributed by atoms with Crippen molar-refractivity contribution in [2.75, 3.05) is 6.54 Å². The van der Waals surface area contributed by atoms with Crippen molar-refractivity contribution in [2.45, 2.75) is 85.0 Å². The van der Waals surface area contributed by atoms with Crippen LogP contribution < -0.4 is 0 Å². The molecule has 1 heteroatoms. The average molecular weight is 304 g/mol. The minimum absolute atomic E-state index is 0.542. The van der Waals surface area contributed by atoms with Crippen LogP contribution in [0.3, 0.4) is 0 Å². The lowest BCUT2D eigenvalue weighted by Gasteiger charge is -2.07. The Balaban J connectivity index is 1.96. The fourth-order valence-corrected chi connectivity index (χ4v) is 3.05. The molecule has 0 amide bonds. The van der Waals surface area contributed by atoms with E-state index in [1.165, 1.54) is 69.8 Å². The van der Waals surface area contributed by atoms with Crippen molar-refractivity contribution < 1.29 is 0 Å². The molecule has 0 radical (unpaired) electrons. The lowest BCUT2D eigenvalue weighted by Crippen LogP contribution is -1.99. The number of hydrogen-bond acceptors (Lipinski definition) is 1. The first-order chi connectivity index (χ1) is 10.6. The van der Waals surface area contributed by atoms with Gasteiger partial charge in [-0.15, -0.1) is 6.58 Å². The standard InChI is InChI=1S/C21H37N/c1-5-6-7-8-9-10-11-12-16-22-18-20-17-21(20,4)15-13-14-19(2)3/h5,14,18,20H,1,6-13,15-17H2,2-4H3/b22-18+. The van der Waals surface area contributed by atoms with Crippen molar-refractivity contribution in [3.63, 3.8) is 0 Å².